The summed E-state index contributed by atoms with van der Waals surface area (Å²) >= 11 is 0. The monoisotopic (exact) mass is 376 g/mol. The van der Waals surface area contributed by atoms with Crippen LogP contribution in [0.15, 0.2) is 53.4 Å². The van der Waals surface area contributed by atoms with E-state index < -0.39 is 39.0 Å². The van der Waals surface area contributed by atoms with Crippen LogP contribution in [-0.2, 0) is 14.6 Å². The van der Waals surface area contributed by atoms with Crippen LogP contribution >= 0.6 is 0 Å². The van der Waals surface area contributed by atoms with Crippen molar-refractivity contribution < 1.29 is 28.2 Å². The minimum atomic E-state index is -3.93. The third-order valence-electron chi connectivity index (χ3n) is 5.07. The Hall–Kier alpha value is -2.38. The van der Waals surface area contributed by atoms with E-state index in [1.807, 2.05) is 6.92 Å². The van der Waals surface area contributed by atoms with Crippen molar-refractivity contribution in [1.29, 1.82) is 0 Å². The molecule has 0 heterocycles. The molecule has 0 bridgehead atoms. The Morgan fingerprint density at radius 2 is 1.69 bits per heavy atom. The lowest BCUT2D eigenvalue weighted by atomic mass is 10.00. The second-order valence-electron chi connectivity index (χ2n) is 6.53. The molecule has 3 rings (SSSR count). The van der Waals surface area contributed by atoms with Gasteiger partial charge in [-0.15, -0.1) is 0 Å². The molecule has 1 fully saturated rings. The van der Waals surface area contributed by atoms with E-state index in [-0.39, 0.29) is 4.90 Å². The highest BCUT2D eigenvalue weighted by Crippen LogP contribution is 2.64. The fourth-order valence-electron chi connectivity index (χ4n) is 3.53. The first-order valence-electron chi connectivity index (χ1n) is 8.08. The van der Waals surface area contributed by atoms with Gasteiger partial charge >= 0.3 is 5.97 Å². The number of hydrogen-bond donors (Lipinski definition) is 2. The predicted octanol–water partition coefficient (Wildman–Crippen LogP) is 2.01. The summed E-state index contributed by atoms with van der Waals surface area (Å²) in [6.07, 6.45) is 0. The molecule has 0 unspecified atom stereocenters. The number of carboxylic acid groups (broad SMARTS) is 1. The Balaban J connectivity index is 2.08. The molecule has 2 aromatic carbocycles. The van der Waals surface area contributed by atoms with Crippen LogP contribution in [0.25, 0.3) is 0 Å². The van der Waals surface area contributed by atoms with Gasteiger partial charge in [-0.1, -0.05) is 29.8 Å². The second kappa shape index (κ2) is 6.41. The molecular formula is C19H20O6S. The standard InChI is InChI=1S/C19H20O6S/c1-12-3-9-15(10-4-12)26(23,24)17-16(19(17,11-20)18(21)22)13-5-7-14(25-2)8-6-13/h3-10,16-17,20H,11H2,1-2H3,(H,21,22)/t16-,17-,19-/m0/s1. The maximum atomic E-state index is 13.1. The van der Waals surface area contributed by atoms with E-state index in [4.69, 9.17) is 4.74 Å². The Bertz CT molecular complexity index is 918. The number of methoxy groups -OCH3 is 1. The Morgan fingerprint density at radius 3 is 2.15 bits per heavy atom. The number of aliphatic hydroxyl groups excluding tert-OH is 1. The summed E-state index contributed by atoms with van der Waals surface area (Å²) in [6, 6.07) is 12.8. The first kappa shape index (κ1) is 18.4. The fourth-order valence-corrected chi connectivity index (χ4v) is 5.89. The van der Waals surface area contributed by atoms with Gasteiger partial charge in [-0.2, -0.15) is 0 Å². The lowest BCUT2D eigenvalue weighted by molar-refractivity contribution is -0.145. The number of rotatable bonds is 6. The van der Waals surface area contributed by atoms with Crippen LogP contribution in [0, 0.1) is 12.3 Å². The van der Waals surface area contributed by atoms with Crippen molar-refractivity contribution in [3.63, 3.8) is 0 Å². The highest BCUT2D eigenvalue weighted by molar-refractivity contribution is 7.92. The summed E-state index contributed by atoms with van der Waals surface area (Å²) in [5.41, 5.74) is -0.306. The average molecular weight is 376 g/mol. The molecular weight excluding hydrogens is 356 g/mol. The van der Waals surface area contributed by atoms with Gasteiger partial charge in [0.15, 0.2) is 9.84 Å². The molecule has 138 valence electrons. The van der Waals surface area contributed by atoms with Gasteiger partial charge in [0.25, 0.3) is 0 Å². The summed E-state index contributed by atoms with van der Waals surface area (Å²) in [5.74, 6) is -1.57. The molecule has 0 saturated heterocycles. The molecule has 0 aliphatic heterocycles. The zero-order chi connectivity index (χ0) is 19.1. The van der Waals surface area contributed by atoms with E-state index in [0.29, 0.717) is 11.3 Å². The second-order valence-corrected chi connectivity index (χ2v) is 8.60. The van der Waals surface area contributed by atoms with Crippen LogP contribution in [0.2, 0.25) is 0 Å². The number of ether oxygens (including phenoxy) is 1. The highest BCUT2D eigenvalue weighted by atomic mass is 32.2. The summed E-state index contributed by atoms with van der Waals surface area (Å²) in [4.78, 5) is 12.0. The van der Waals surface area contributed by atoms with Crippen molar-refractivity contribution in [1.82, 2.24) is 0 Å². The molecule has 0 aromatic heterocycles. The van der Waals surface area contributed by atoms with E-state index in [1.54, 1.807) is 36.4 Å². The third kappa shape index (κ3) is 2.68. The first-order chi connectivity index (χ1) is 12.3. The molecule has 3 atom stereocenters. The van der Waals surface area contributed by atoms with Gasteiger partial charge in [0.1, 0.15) is 11.2 Å². The quantitative estimate of drug-likeness (QED) is 0.800. The maximum absolute atomic E-state index is 13.1. The number of hydrogen-bond acceptors (Lipinski definition) is 5. The van der Waals surface area contributed by atoms with Gasteiger partial charge in [-0.3, -0.25) is 4.79 Å². The number of aliphatic hydroxyl groups is 1. The van der Waals surface area contributed by atoms with Crippen molar-refractivity contribution in [2.75, 3.05) is 13.7 Å². The lowest BCUT2D eigenvalue weighted by Crippen LogP contribution is -2.27. The third-order valence-corrected chi connectivity index (χ3v) is 7.37. The minimum Gasteiger partial charge on any atom is -0.497 e. The van der Waals surface area contributed by atoms with Crippen molar-refractivity contribution in [3.8, 4) is 5.75 Å². The molecule has 1 aliphatic rings. The zero-order valence-electron chi connectivity index (χ0n) is 14.4. The van der Waals surface area contributed by atoms with E-state index in [0.717, 1.165) is 5.56 Å². The minimum absolute atomic E-state index is 0.0585. The number of carboxylic acids is 1. The average Bonchev–Trinajstić information content (AvgIpc) is 3.34. The van der Waals surface area contributed by atoms with Gasteiger partial charge in [0, 0.05) is 5.92 Å². The van der Waals surface area contributed by atoms with Gasteiger partial charge in [-0.05, 0) is 36.8 Å². The first-order valence-corrected chi connectivity index (χ1v) is 9.62. The summed E-state index contributed by atoms with van der Waals surface area (Å²) in [5, 5.41) is 18.3. The number of sulfone groups is 1. The van der Waals surface area contributed by atoms with Gasteiger partial charge in [0.05, 0.1) is 23.9 Å². The normalized spacial score (nSPS) is 24.9. The lowest BCUT2D eigenvalue weighted by Gasteiger charge is -2.10. The zero-order valence-corrected chi connectivity index (χ0v) is 15.2. The van der Waals surface area contributed by atoms with Crippen LogP contribution in [0.1, 0.15) is 17.0 Å². The smallest absolute Gasteiger partial charge is 0.314 e. The molecule has 0 amide bonds. The van der Waals surface area contributed by atoms with E-state index >= 15 is 0 Å². The topological polar surface area (TPSA) is 101 Å². The van der Waals surface area contributed by atoms with Crippen LogP contribution in [0.5, 0.6) is 5.75 Å². The Kier molecular flexibility index (Phi) is 4.54. The molecule has 1 aliphatic carbocycles. The Morgan fingerprint density at radius 1 is 1.12 bits per heavy atom. The molecule has 26 heavy (non-hydrogen) atoms. The largest absolute Gasteiger partial charge is 0.497 e. The van der Waals surface area contributed by atoms with Crippen LogP contribution in [-0.4, -0.2) is 43.6 Å². The summed E-state index contributed by atoms with van der Waals surface area (Å²) < 4.78 is 31.3. The molecule has 6 nitrogen and oxygen atoms in total. The van der Waals surface area contributed by atoms with E-state index in [1.165, 1.54) is 19.2 Å². The maximum Gasteiger partial charge on any atom is 0.314 e. The van der Waals surface area contributed by atoms with Gasteiger partial charge < -0.3 is 14.9 Å². The Labute approximate surface area is 152 Å². The molecule has 0 radical (unpaired) electrons. The van der Waals surface area contributed by atoms with Crippen molar-refractivity contribution in [2.24, 2.45) is 5.41 Å². The fraction of sp³-hybridized carbons (Fsp3) is 0.316. The number of carbonyl (C=O) groups is 1. The highest BCUT2D eigenvalue weighted by Gasteiger charge is 2.75. The van der Waals surface area contributed by atoms with E-state index in [9.17, 15) is 23.4 Å². The number of aliphatic carboxylic acids is 1. The summed E-state index contributed by atoms with van der Waals surface area (Å²) in [6.45, 7) is 1.08. The van der Waals surface area contributed by atoms with Gasteiger partial charge in [-0.25, -0.2) is 8.42 Å². The van der Waals surface area contributed by atoms with Crippen LogP contribution in [0.4, 0.5) is 0 Å². The van der Waals surface area contributed by atoms with E-state index in [2.05, 4.69) is 0 Å². The molecule has 0 spiro atoms. The predicted molar refractivity (Wildman–Crippen MR) is 95.0 cm³/mol. The van der Waals surface area contributed by atoms with Crippen LogP contribution < -0.4 is 4.74 Å². The van der Waals surface area contributed by atoms with Gasteiger partial charge in [0.2, 0.25) is 0 Å². The SMILES string of the molecule is COc1ccc([C@H]2[C@H](S(=O)(=O)c3ccc(C)cc3)[C@@]2(CO)C(=O)O)cc1. The van der Waals surface area contributed by atoms with Crippen molar-refractivity contribution in [2.45, 2.75) is 23.0 Å². The molecule has 2 aromatic rings. The molecule has 7 heteroatoms. The molecule has 2 N–H and O–H groups in total. The van der Waals surface area contributed by atoms with Crippen molar-refractivity contribution >= 4 is 15.8 Å². The summed E-state index contributed by atoms with van der Waals surface area (Å²) in [7, 11) is -2.43. The van der Waals surface area contributed by atoms with Crippen molar-refractivity contribution in [3.05, 3.63) is 59.7 Å². The van der Waals surface area contributed by atoms with Crippen LogP contribution in [0.3, 0.4) is 0 Å². The number of benzene rings is 2. The number of aryl methyl sites for hydroxylation is 1. The molecule has 1 saturated carbocycles.